The first kappa shape index (κ1) is 17.1. The second-order valence-corrected chi connectivity index (χ2v) is 6.93. The van der Waals surface area contributed by atoms with Gasteiger partial charge in [0.05, 0.1) is 31.9 Å². The average molecular weight is 356 g/mol. The Hall–Kier alpha value is -2.31. The lowest BCUT2D eigenvalue weighted by Gasteiger charge is -2.25. The molecule has 0 saturated carbocycles. The van der Waals surface area contributed by atoms with E-state index >= 15 is 0 Å². The first-order valence-electron chi connectivity index (χ1n) is 9.06. The first-order valence-corrected chi connectivity index (χ1v) is 9.06. The number of rotatable bonds is 5. The fourth-order valence-corrected chi connectivity index (χ4v) is 3.52. The van der Waals surface area contributed by atoms with Crippen molar-refractivity contribution in [2.75, 3.05) is 39.9 Å². The lowest BCUT2D eigenvalue weighted by molar-refractivity contribution is 0.0313. The Morgan fingerprint density at radius 1 is 1.27 bits per heavy atom. The molecule has 0 bridgehead atoms. The largest absolute Gasteiger partial charge is 0.488 e. The molecule has 1 aromatic heterocycles. The van der Waals surface area contributed by atoms with Gasteiger partial charge in [-0.2, -0.15) is 0 Å². The molecule has 0 radical (unpaired) electrons. The molecule has 6 heteroatoms. The third-order valence-corrected chi connectivity index (χ3v) is 4.92. The quantitative estimate of drug-likeness (QED) is 0.822. The zero-order valence-corrected chi connectivity index (χ0v) is 15.0. The predicted molar refractivity (Wildman–Crippen MR) is 96.3 cm³/mol. The highest BCUT2D eigenvalue weighted by molar-refractivity contribution is 5.93. The molecule has 2 aliphatic heterocycles. The number of carbonyl (C=O) groups excluding carboxylic acids is 1. The van der Waals surface area contributed by atoms with E-state index in [4.69, 9.17) is 13.9 Å². The summed E-state index contributed by atoms with van der Waals surface area (Å²) in [5.41, 5.74) is 1.79. The van der Waals surface area contributed by atoms with E-state index < -0.39 is 0 Å². The summed E-state index contributed by atoms with van der Waals surface area (Å²) in [6.45, 7) is 4.55. The summed E-state index contributed by atoms with van der Waals surface area (Å²) in [7, 11) is 1.81. The number of carbonyl (C=O) groups is 1. The standard InChI is InChI=1S/C20H24N2O4/c1-21(12-18-10-15-4-2-3-5-19(15)26-18)20(23)16-11-17(25-14-16)13-22-6-8-24-9-7-22/h2-5,11,14,18H,6-10,12-13H2,1H3. The van der Waals surface area contributed by atoms with Crippen molar-refractivity contribution in [2.45, 2.75) is 19.1 Å². The Morgan fingerprint density at radius 2 is 2.08 bits per heavy atom. The second kappa shape index (κ2) is 7.51. The van der Waals surface area contributed by atoms with Crippen LogP contribution in [0.15, 0.2) is 41.0 Å². The van der Waals surface area contributed by atoms with Crippen LogP contribution in [-0.4, -0.2) is 61.7 Å². The van der Waals surface area contributed by atoms with Crippen LogP contribution in [-0.2, 0) is 17.7 Å². The molecule has 0 spiro atoms. The molecule has 6 nitrogen and oxygen atoms in total. The van der Waals surface area contributed by atoms with Crippen LogP contribution in [0.25, 0.3) is 0 Å². The molecule has 0 aliphatic carbocycles. The van der Waals surface area contributed by atoms with Crippen molar-refractivity contribution >= 4 is 5.91 Å². The van der Waals surface area contributed by atoms with Gasteiger partial charge in [0.25, 0.3) is 5.91 Å². The van der Waals surface area contributed by atoms with Gasteiger partial charge < -0.3 is 18.8 Å². The number of nitrogens with zero attached hydrogens (tertiary/aromatic N) is 2. The number of fused-ring (bicyclic) bond motifs is 1. The van der Waals surface area contributed by atoms with Crippen LogP contribution < -0.4 is 4.74 Å². The molecule has 4 rings (SSSR count). The SMILES string of the molecule is CN(CC1Cc2ccccc2O1)C(=O)c1coc(CN2CCOCC2)c1. The van der Waals surface area contributed by atoms with Crippen molar-refractivity contribution in [2.24, 2.45) is 0 Å². The molecule has 1 atom stereocenters. The van der Waals surface area contributed by atoms with E-state index in [0.717, 1.165) is 44.2 Å². The van der Waals surface area contributed by atoms with E-state index in [0.29, 0.717) is 18.7 Å². The number of para-hydroxylation sites is 1. The fraction of sp³-hybridized carbons (Fsp3) is 0.450. The van der Waals surface area contributed by atoms with E-state index in [9.17, 15) is 4.79 Å². The van der Waals surface area contributed by atoms with E-state index in [2.05, 4.69) is 11.0 Å². The van der Waals surface area contributed by atoms with Gasteiger partial charge in [0.2, 0.25) is 0 Å². The molecular weight excluding hydrogens is 332 g/mol. The summed E-state index contributed by atoms with van der Waals surface area (Å²) in [6, 6.07) is 9.88. The summed E-state index contributed by atoms with van der Waals surface area (Å²) in [4.78, 5) is 16.7. The van der Waals surface area contributed by atoms with Crippen LogP contribution in [0.3, 0.4) is 0 Å². The van der Waals surface area contributed by atoms with Crippen LogP contribution in [0.5, 0.6) is 5.75 Å². The Kier molecular flexibility index (Phi) is 4.95. The zero-order valence-electron chi connectivity index (χ0n) is 15.0. The molecule has 3 heterocycles. The molecule has 0 N–H and O–H groups in total. The molecule has 1 aromatic carbocycles. The summed E-state index contributed by atoms with van der Waals surface area (Å²) < 4.78 is 16.9. The van der Waals surface area contributed by atoms with Crippen molar-refractivity contribution in [1.29, 1.82) is 0 Å². The summed E-state index contributed by atoms with van der Waals surface area (Å²) in [5.74, 6) is 1.70. The van der Waals surface area contributed by atoms with E-state index in [-0.39, 0.29) is 12.0 Å². The molecule has 2 aromatic rings. The van der Waals surface area contributed by atoms with Crippen molar-refractivity contribution in [3.8, 4) is 5.75 Å². The molecule has 26 heavy (non-hydrogen) atoms. The molecule has 1 amide bonds. The number of furan rings is 1. The number of benzene rings is 1. The molecular formula is C20H24N2O4. The van der Waals surface area contributed by atoms with Gasteiger partial charge in [0, 0.05) is 26.6 Å². The average Bonchev–Trinajstić information content (AvgIpc) is 3.28. The first-order chi connectivity index (χ1) is 12.7. The van der Waals surface area contributed by atoms with Gasteiger partial charge in [-0.15, -0.1) is 0 Å². The van der Waals surface area contributed by atoms with E-state index in [1.807, 2.05) is 31.3 Å². The number of likely N-dealkylation sites (N-methyl/N-ethyl adjacent to an activating group) is 1. The Labute approximate surface area is 153 Å². The third-order valence-electron chi connectivity index (χ3n) is 4.92. The summed E-state index contributed by atoms with van der Waals surface area (Å²) in [5, 5.41) is 0. The predicted octanol–water partition coefficient (Wildman–Crippen LogP) is 2.19. The minimum Gasteiger partial charge on any atom is -0.488 e. The highest BCUT2D eigenvalue weighted by atomic mass is 16.5. The lowest BCUT2D eigenvalue weighted by atomic mass is 10.1. The van der Waals surface area contributed by atoms with Gasteiger partial charge in [-0.3, -0.25) is 9.69 Å². The topological polar surface area (TPSA) is 55.2 Å². The minimum absolute atomic E-state index is 0.000992. The summed E-state index contributed by atoms with van der Waals surface area (Å²) >= 11 is 0. The van der Waals surface area contributed by atoms with Crippen molar-refractivity contribution in [1.82, 2.24) is 9.80 Å². The van der Waals surface area contributed by atoms with Crippen molar-refractivity contribution in [3.05, 3.63) is 53.5 Å². The number of hydrogen-bond donors (Lipinski definition) is 0. The van der Waals surface area contributed by atoms with Crippen molar-refractivity contribution < 1.29 is 18.7 Å². The Balaban J connectivity index is 1.32. The monoisotopic (exact) mass is 356 g/mol. The Bertz CT molecular complexity index is 742. The van der Waals surface area contributed by atoms with Gasteiger partial charge >= 0.3 is 0 Å². The highest BCUT2D eigenvalue weighted by Gasteiger charge is 2.26. The molecule has 2 aliphatic rings. The lowest BCUT2D eigenvalue weighted by Crippen LogP contribution is -2.36. The maximum Gasteiger partial charge on any atom is 0.256 e. The number of ether oxygens (including phenoxy) is 2. The van der Waals surface area contributed by atoms with Crippen LogP contribution in [0, 0.1) is 0 Å². The van der Waals surface area contributed by atoms with E-state index in [1.54, 1.807) is 11.2 Å². The molecule has 1 saturated heterocycles. The number of hydrogen-bond acceptors (Lipinski definition) is 5. The van der Waals surface area contributed by atoms with Crippen LogP contribution >= 0.6 is 0 Å². The maximum absolute atomic E-state index is 12.7. The smallest absolute Gasteiger partial charge is 0.256 e. The van der Waals surface area contributed by atoms with Gasteiger partial charge in [0.15, 0.2) is 0 Å². The summed E-state index contributed by atoms with van der Waals surface area (Å²) in [6.07, 6.45) is 2.39. The molecule has 138 valence electrons. The van der Waals surface area contributed by atoms with Crippen LogP contribution in [0.2, 0.25) is 0 Å². The van der Waals surface area contributed by atoms with Crippen LogP contribution in [0.1, 0.15) is 21.7 Å². The van der Waals surface area contributed by atoms with Gasteiger partial charge in [0.1, 0.15) is 23.9 Å². The second-order valence-electron chi connectivity index (χ2n) is 6.93. The maximum atomic E-state index is 12.7. The van der Waals surface area contributed by atoms with Gasteiger partial charge in [-0.1, -0.05) is 18.2 Å². The van der Waals surface area contributed by atoms with Gasteiger partial charge in [-0.25, -0.2) is 0 Å². The van der Waals surface area contributed by atoms with Gasteiger partial charge in [-0.05, 0) is 17.7 Å². The molecule has 1 unspecified atom stereocenters. The van der Waals surface area contributed by atoms with Crippen molar-refractivity contribution in [3.63, 3.8) is 0 Å². The number of morpholine rings is 1. The van der Waals surface area contributed by atoms with Crippen LogP contribution in [0.4, 0.5) is 0 Å². The van der Waals surface area contributed by atoms with E-state index in [1.165, 1.54) is 5.56 Å². The zero-order chi connectivity index (χ0) is 17.9. The highest BCUT2D eigenvalue weighted by Crippen LogP contribution is 2.28. The fourth-order valence-electron chi connectivity index (χ4n) is 3.52. The molecule has 1 fully saturated rings. The normalized spacial score (nSPS) is 19.8. The Morgan fingerprint density at radius 3 is 2.88 bits per heavy atom. The number of amides is 1. The third kappa shape index (κ3) is 3.76. The minimum atomic E-state index is -0.0402.